The molecule has 2 aliphatic carbocycles. The Morgan fingerprint density at radius 2 is 2.03 bits per heavy atom. The second kappa shape index (κ2) is 9.24. The van der Waals surface area contributed by atoms with Gasteiger partial charge in [-0.3, -0.25) is 0 Å². The van der Waals surface area contributed by atoms with Gasteiger partial charge in [0.25, 0.3) is 0 Å². The summed E-state index contributed by atoms with van der Waals surface area (Å²) in [6.07, 6.45) is 19.0. The van der Waals surface area contributed by atoms with Gasteiger partial charge in [-0.15, -0.1) is 9.24 Å². The monoisotopic (exact) mass is 403 g/mol. The van der Waals surface area contributed by atoms with Crippen LogP contribution in [0.2, 0.25) is 0 Å². The molecule has 2 aromatic rings. The van der Waals surface area contributed by atoms with Gasteiger partial charge in [0.2, 0.25) is 5.89 Å². The maximum Gasteiger partial charge on any atom is 0.227 e. The lowest BCUT2D eigenvalue weighted by Gasteiger charge is -2.06. The summed E-state index contributed by atoms with van der Waals surface area (Å²) in [6, 6.07) is 7.97. The number of allylic oxidation sites excluding steroid dienone is 9. The predicted octanol–water partition coefficient (Wildman–Crippen LogP) is 6.66. The number of nitrogens with zero attached hydrogens (tertiary/aromatic N) is 1. The highest BCUT2D eigenvalue weighted by Gasteiger charge is 2.16. The molecule has 0 fully saturated rings. The quantitative estimate of drug-likeness (QED) is 0.399. The average molecular weight is 403 g/mol. The van der Waals surface area contributed by atoms with E-state index in [2.05, 4.69) is 58.7 Å². The first-order valence-electron chi connectivity index (χ1n) is 10.2. The van der Waals surface area contributed by atoms with Crippen molar-refractivity contribution in [3.05, 3.63) is 88.6 Å². The maximum atomic E-state index is 6.12. The van der Waals surface area contributed by atoms with Crippen LogP contribution < -0.4 is 4.74 Å². The number of hydrogen-bond donors (Lipinski definition) is 0. The summed E-state index contributed by atoms with van der Waals surface area (Å²) >= 11 is 0. The van der Waals surface area contributed by atoms with Crippen molar-refractivity contribution >= 4 is 15.3 Å². The van der Waals surface area contributed by atoms with Crippen LogP contribution in [0.5, 0.6) is 5.75 Å². The molecule has 0 spiro atoms. The van der Waals surface area contributed by atoms with Gasteiger partial charge in [0.15, 0.2) is 0 Å². The Hall–Kier alpha value is -2.64. The second-order valence-corrected chi connectivity index (χ2v) is 7.79. The molecule has 0 aliphatic heterocycles. The van der Waals surface area contributed by atoms with Crippen molar-refractivity contribution in [2.24, 2.45) is 0 Å². The zero-order valence-corrected chi connectivity index (χ0v) is 17.9. The molecule has 0 amide bonds. The van der Waals surface area contributed by atoms with Gasteiger partial charge >= 0.3 is 0 Å². The van der Waals surface area contributed by atoms with Crippen molar-refractivity contribution in [3.8, 4) is 17.2 Å². The molecule has 1 atom stereocenters. The molecule has 4 rings (SSSR count). The SMILES string of the molecule is CCCCOc1cccc(-c2nc3c(o2)CC=C(C2=C(P)C=CCC=C2)C=C3)c1. The molecule has 0 radical (unpaired) electrons. The molecule has 2 aliphatic rings. The Labute approximate surface area is 174 Å². The van der Waals surface area contributed by atoms with Gasteiger partial charge in [-0.05, 0) is 53.6 Å². The molecular weight excluding hydrogens is 377 g/mol. The van der Waals surface area contributed by atoms with Crippen LogP contribution in [-0.2, 0) is 6.42 Å². The third kappa shape index (κ3) is 4.68. The lowest BCUT2D eigenvalue weighted by molar-refractivity contribution is 0.309. The van der Waals surface area contributed by atoms with E-state index in [0.29, 0.717) is 5.89 Å². The van der Waals surface area contributed by atoms with Crippen molar-refractivity contribution in [2.45, 2.75) is 32.6 Å². The number of oxazole rings is 1. The van der Waals surface area contributed by atoms with Crippen molar-refractivity contribution in [3.63, 3.8) is 0 Å². The van der Waals surface area contributed by atoms with E-state index in [9.17, 15) is 0 Å². The molecule has 148 valence electrons. The zero-order chi connectivity index (χ0) is 20.1. The lowest BCUT2D eigenvalue weighted by Crippen LogP contribution is -1.96. The Morgan fingerprint density at radius 1 is 1.14 bits per heavy atom. The van der Waals surface area contributed by atoms with Crippen molar-refractivity contribution in [1.29, 1.82) is 0 Å². The Morgan fingerprint density at radius 3 is 2.93 bits per heavy atom. The highest BCUT2D eigenvalue weighted by molar-refractivity contribution is 7.23. The first-order valence-corrected chi connectivity index (χ1v) is 10.8. The molecule has 0 N–H and O–H groups in total. The van der Waals surface area contributed by atoms with Crippen LogP contribution in [-0.4, -0.2) is 11.6 Å². The van der Waals surface area contributed by atoms with Gasteiger partial charge in [-0.1, -0.05) is 55.9 Å². The lowest BCUT2D eigenvalue weighted by atomic mass is 10.0. The first kappa shape index (κ1) is 19.7. The normalized spacial score (nSPS) is 15.7. The van der Waals surface area contributed by atoms with Crippen LogP contribution in [0.3, 0.4) is 0 Å². The summed E-state index contributed by atoms with van der Waals surface area (Å²) in [4.78, 5) is 4.74. The third-order valence-corrected chi connectivity index (χ3v) is 5.48. The standard InChI is InChI=1S/C25H26NO2P/c1-2-3-16-27-20-9-7-8-19(17-20)25-26-22-14-12-18(13-15-23(22)28-25)21-10-5-4-6-11-24(21)29/h5-14,17H,2-4,15-16,29H2,1H3. The smallest absolute Gasteiger partial charge is 0.227 e. The van der Waals surface area contributed by atoms with E-state index in [0.717, 1.165) is 55.1 Å². The number of hydrogen-bond acceptors (Lipinski definition) is 3. The van der Waals surface area contributed by atoms with E-state index in [1.165, 1.54) is 16.5 Å². The Kier molecular flexibility index (Phi) is 6.27. The number of rotatable bonds is 6. The van der Waals surface area contributed by atoms with Gasteiger partial charge in [-0.2, -0.15) is 0 Å². The molecule has 1 aromatic carbocycles. The third-order valence-electron chi connectivity index (χ3n) is 4.98. The molecule has 0 saturated heterocycles. The van der Waals surface area contributed by atoms with Gasteiger partial charge in [0.05, 0.1) is 6.61 Å². The summed E-state index contributed by atoms with van der Waals surface area (Å²) in [7, 11) is 2.83. The molecule has 29 heavy (non-hydrogen) atoms. The average Bonchev–Trinajstić information content (AvgIpc) is 2.88. The highest BCUT2D eigenvalue weighted by atomic mass is 31.0. The molecule has 4 heteroatoms. The number of unbranched alkanes of at least 4 members (excludes halogenated alkanes) is 1. The summed E-state index contributed by atoms with van der Waals surface area (Å²) in [5.74, 6) is 2.39. The molecule has 0 saturated carbocycles. The van der Waals surface area contributed by atoms with Gasteiger partial charge in [0, 0.05) is 12.0 Å². The number of ether oxygens (including phenoxy) is 1. The highest BCUT2D eigenvalue weighted by Crippen LogP contribution is 2.31. The van der Waals surface area contributed by atoms with E-state index in [-0.39, 0.29) is 0 Å². The Bertz CT molecular complexity index is 1040. The van der Waals surface area contributed by atoms with Crippen LogP contribution >= 0.6 is 9.24 Å². The minimum Gasteiger partial charge on any atom is -0.494 e. The molecule has 1 heterocycles. The van der Waals surface area contributed by atoms with E-state index < -0.39 is 0 Å². The van der Waals surface area contributed by atoms with Crippen LogP contribution in [0, 0.1) is 0 Å². The minimum atomic E-state index is 0.640. The molecule has 0 bridgehead atoms. The summed E-state index contributed by atoms with van der Waals surface area (Å²) < 4.78 is 11.9. The van der Waals surface area contributed by atoms with Crippen molar-refractivity contribution < 1.29 is 9.15 Å². The van der Waals surface area contributed by atoms with Crippen molar-refractivity contribution in [2.75, 3.05) is 6.61 Å². The van der Waals surface area contributed by atoms with Crippen LogP contribution in [0.25, 0.3) is 17.5 Å². The number of aromatic nitrogens is 1. The van der Waals surface area contributed by atoms with E-state index in [1.54, 1.807) is 0 Å². The minimum absolute atomic E-state index is 0.640. The van der Waals surface area contributed by atoms with E-state index in [4.69, 9.17) is 14.1 Å². The summed E-state index contributed by atoms with van der Waals surface area (Å²) in [6.45, 7) is 2.89. The molecule has 1 aromatic heterocycles. The van der Waals surface area contributed by atoms with Gasteiger partial charge < -0.3 is 9.15 Å². The summed E-state index contributed by atoms with van der Waals surface area (Å²) in [5, 5.41) is 1.20. The fraction of sp³-hybridized carbons (Fsp3) is 0.240. The fourth-order valence-electron chi connectivity index (χ4n) is 3.36. The zero-order valence-electron chi connectivity index (χ0n) is 16.7. The molecule has 3 nitrogen and oxygen atoms in total. The Balaban J connectivity index is 1.55. The van der Waals surface area contributed by atoms with Crippen LogP contribution in [0.15, 0.2) is 81.6 Å². The van der Waals surface area contributed by atoms with Crippen LogP contribution in [0.1, 0.15) is 37.6 Å². The molecule has 1 unspecified atom stereocenters. The largest absolute Gasteiger partial charge is 0.494 e. The van der Waals surface area contributed by atoms with E-state index in [1.807, 2.05) is 24.3 Å². The number of benzene rings is 1. The number of fused-ring (bicyclic) bond motifs is 1. The second-order valence-electron chi connectivity index (χ2n) is 7.16. The van der Waals surface area contributed by atoms with Crippen molar-refractivity contribution in [1.82, 2.24) is 4.98 Å². The van der Waals surface area contributed by atoms with Crippen LogP contribution in [0.4, 0.5) is 0 Å². The fourth-order valence-corrected chi connectivity index (χ4v) is 3.76. The molecular formula is C25H26NO2P. The maximum absolute atomic E-state index is 6.12. The topological polar surface area (TPSA) is 35.3 Å². The van der Waals surface area contributed by atoms with Gasteiger partial charge in [-0.25, -0.2) is 4.98 Å². The van der Waals surface area contributed by atoms with E-state index >= 15 is 0 Å². The van der Waals surface area contributed by atoms with Gasteiger partial charge in [0.1, 0.15) is 17.2 Å². The first-order chi connectivity index (χ1) is 14.2. The predicted molar refractivity (Wildman–Crippen MR) is 123 cm³/mol. The summed E-state index contributed by atoms with van der Waals surface area (Å²) in [5.41, 5.74) is 4.25.